The van der Waals surface area contributed by atoms with Crippen LogP contribution in [0, 0.1) is 0 Å². The zero-order chi connectivity index (χ0) is 15.3. The van der Waals surface area contributed by atoms with E-state index in [0.29, 0.717) is 0 Å². The van der Waals surface area contributed by atoms with E-state index in [2.05, 4.69) is 17.6 Å². The number of methoxy groups -OCH3 is 1. The van der Waals surface area contributed by atoms with Crippen molar-refractivity contribution in [1.29, 1.82) is 0 Å². The summed E-state index contributed by atoms with van der Waals surface area (Å²) in [5, 5.41) is 6.35. The highest BCUT2D eigenvalue weighted by Crippen LogP contribution is 2.27. The number of piperidine rings is 1. The standard InChI is InChI=1S/C15H27N3O3/c1-3-15(7-4-8-16-15)14(20)18-9-5-12(6-10-18)17-13(19)11-21-2/h12,16H,3-11H2,1-2H3,(H,17,19). The topological polar surface area (TPSA) is 70.7 Å². The van der Waals surface area contributed by atoms with Crippen molar-refractivity contribution in [2.24, 2.45) is 0 Å². The van der Waals surface area contributed by atoms with Crippen molar-refractivity contribution < 1.29 is 14.3 Å². The van der Waals surface area contributed by atoms with Gasteiger partial charge in [0.15, 0.2) is 0 Å². The van der Waals surface area contributed by atoms with Gasteiger partial charge in [0.2, 0.25) is 11.8 Å². The molecule has 2 heterocycles. The largest absolute Gasteiger partial charge is 0.375 e. The Kier molecular flexibility index (Phi) is 5.58. The minimum atomic E-state index is -0.341. The number of hydrogen-bond donors (Lipinski definition) is 2. The Hall–Kier alpha value is -1.14. The molecule has 1 atom stereocenters. The molecule has 2 N–H and O–H groups in total. The fourth-order valence-corrected chi connectivity index (χ4v) is 3.37. The molecule has 1 unspecified atom stereocenters. The molecule has 21 heavy (non-hydrogen) atoms. The third kappa shape index (κ3) is 3.74. The number of amides is 2. The van der Waals surface area contributed by atoms with E-state index in [1.807, 2.05) is 4.90 Å². The summed E-state index contributed by atoms with van der Waals surface area (Å²) >= 11 is 0. The zero-order valence-electron chi connectivity index (χ0n) is 13.1. The fourth-order valence-electron chi connectivity index (χ4n) is 3.37. The Bertz CT molecular complexity index is 372. The lowest BCUT2D eigenvalue weighted by Gasteiger charge is -2.38. The molecule has 2 aliphatic rings. The van der Waals surface area contributed by atoms with Crippen molar-refractivity contribution in [3.63, 3.8) is 0 Å². The molecule has 0 aliphatic carbocycles. The highest BCUT2D eigenvalue weighted by Gasteiger charge is 2.42. The summed E-state index contributed by atoms with van der Waals surface area (Å²) in [4.78, 5) is 26.2. The summed E-state index contributed by atoms with van der Waals surface area (Å²) in [6.07, 6.45) is 4.49. The van der Waals surface area contributed by atoms with Gasteiger partial charge >= 0.3 is 0 Å². The lowest BCUT2D eigenvalue weighted by Crippen LogP contribution is -2.57. The summed E-state index contributed by atoms with van der Waals surface area (Å²) in [5.74, 6) is 0.161. The maximum Gasteiger partial charge on any atom is 0.246 e. The molecule has 0 aromatic carbocycles. The average molecular weight is 297 g/mol. The number of ether oxygens (including phenoxy) is 1. The van der Waals surface area contributed by atoms with Crippen molar-refractivity contribution >= 4 is 11.8 Å². The van der Waals surface area contributed by atoms with Gasteiger partial charge in [-0.3, -0.25) is 9.59 Å². The number of nitrogens with zero attached hydrogens (tertiary/aromatic N) is 1. The molecule has 0 aromatic rings. The third-order valence-corrected chi connectivity index (χ3v) is 4.68. The first-order valence-corrected chi connectivity index (χ1v) is 7.94. The Morgan fingerprint density at radius 1 is 1.38 bits per heavy atom. The van der Waals surface area contributed by atoms with Gasteiger partial charge in [0.05, 0.1) is 5.54 Å². The van der Waals surface area contributed by atoms with Crippen molar-refractivity contribution in [2.75, 3.05) is 33.4 Å². The monoisotopic (exact) mass is 297 g/mol. The summed E-state index contributed by atoms with van der Waals surface area (Å²) in [6, 6.07) is 0.158. The molecule has 2 aliphatic heterocycles. The number of carbonyl (C=O) groups is 2. The lowest BCUT2D eigenvalue weighted by atomic mass is 9.91. The van der Waals surface area contributed by atoms with E-state index < -0.39 is 0 Å². The first-order chi connectivity index (χ1) is 10.1. The van der Waals surface area contributed by atoms with E-state index >= 15 is 0 Å². The molecule has 0 aromatic heterocycles. The number of hydrogen-bond acceptors (Lipinski definition) is 4. The highest BCUT2D eigenvalue weighted by atomic mass is 16.5. The van der Waals surface area contributed by atoms with Gasteiger partial charge in [-0.05, 0) is 38.6 Å². The Morgan fingerprint density at radius 2 is 2.10 bits per heavy atom. The lowest BCUT2D eigenvalue weighted by molar-refractivity contribution is -0.139. The predicted octanol–water partition coefficient (Wildman–Crippen LogP) is 0.272. The molecule has 2 amide bonds. The molecule has 0 saturated carbocycles. The van der Waals surface area contributed by atoms with E-state index in [1.54, 1.807) is 0 Å². The quantitative estimate of drug-likeness (QED) is 0.764. The summed E-state index contributed by atoms with van der Waals surface area (Å²) in [5.41, 5.74) is -0.341. The third-order valence-electron chi connectivity index (χ3n) is 4.68. The van der Waals surface area contributed by atoms with Gasteiger partial charge in [0, 0.05) is 26.2 Å². The van der Waals surface area contributed by atoms with Crippen LogP contribution in [0.2, 0.25) is 0 Å². The molecule has 6 nitrogen and oxygen atoms in total. The average Bonchev–Trinajstić information content (AvgIpc) is 2.97. The van der Waals surface area contributed by atoms with Crippen LogP contribution in [-0.4, -0.2) is 61.6 Å². The predicted molar refractivity (Wildman–Crippen MR) is 79.9 cm³/mol. The van der Waals surface area contributed by atoms with Gasteiger partial charge in [0.1, 0.15) is 6.61 Å². The first kappa shape index (κ1) is 16.2. The Morgan fingerprint density at radius 3 is 2.62 bits per heavy atom. The van der Waals surface area contributed by atoms with Crippen LogP contribution in [0.1, 0.15) is 39.0 Å². The van der Waals surface area contributed by atoms with Crippen molar-refractivity contribution in [1.82, 2.24) is 15.5 Å². The maximum absolute atomic E-state index is 12.7. The molecule has 2 rings (SSSR count). The van der Waals surface area contributed by atoms with Gasteiger partial charge in [-0.1, -0.05) is 6.92 Å². The molecule has 0 radical (unpaired) electrons. The molecule has 2 saturated heterocycles. The highest BCUT2D eigenvalue weighted by molar-refractivity contribution is 5.87. The summed E-state index contributed by atoms with van der Waals surface area (Å²) in [7, 11) is 1.51. The van der Waals surface area contributed by atoms with Crippen LogP contribution in [0.5, 0.6) is 0 Å². The molecular weight excluding hydrogens is 270 g/mol. The van der Waals surface area contributed by atoms with Crippen molar-refractivity contribution in [3.05, 3.63) is 0 Å². The summed E-state index contributed by atoms with van der Waals surface area (Å²) in [6.45, 7) is 4.56. The first-order valence-electron chi connectivity index (χ1n) is 7.94. The molecular formula is C15H27N3O3. The Balaban J connectivity index is 1.83. The smallest absolute Gasteiger partial charge is 0.246 e. The molecule has 120 valence electrons. The minimum Gasteiger partial charge on any atom is -0.375 e. The number of nitrogens with one attached hydrogen (secondary N) is 2. The van der Waals surface area contributed by atoms with Gasteiger partial charge < -0.3 is 20.3 Å². The van der Waals surface area contributed by atoms with E-state index in [4.69, 9.17) is 4.74 Å². The van der Waals surface area contributed by atoms with Crippen LogP contribution in [0.4, 0.5) is 0 Å². The number of carbonyl (C=O) groups excluding carboxylic acids is 2. The van der Waals surface area contributed by atoms with Crippen LogP contribution in [0.3, 0.4) is 0 Å². The van der Waals surface area contributed by atoms with Crippen LogP contribution >= 0.6 is 0 Å². The van der Waals surface area contributed by atoms with Gasteiger partial charge in [-0.2, -0.15) is 0 Å². The van der Waals surface area contributed by atoms with Crippen LogP contribution in [0.25, 0.3) is 0 Å². The van der Waals surface area contributed by atoms with E-state index in [-0.39, 0.29) is 30.0 Å². The zero-order valence-corrected chi connectivity index (χ0v) is 13.1. The minimum absolute atomic E-state index is 0.0789. The van der Waals surface area contributed by atoms with Gasteiger partial charge in [-0.25, -0.2) is 0 Å². The van der Waals surface area contributed by atoms with Crippen LogP contribution < -0.4 is 10.6 Å². The fraction of sp³-hybridized carbons (Fsp3) is 0.867. The van der Waals surface area contributed by atoms with Crippen LogP contribution in [0.15, 0.2) is 0 Å². The van der Waals surface area contributed by atoms with Crippen molar-refractivity contribution in [3.8, 4) is 0 Å². The van der Waals surface area contributed by atoms with Gasteiger partial charge in [-0.15, -0.1) is 0 Å². The normalized spacial score (nSPS) is 26.9. The van der Waals surface area contributed by atoms with Gasteiger partial charge in [0.25, 0.3) is 0 Å². The van der Waals surface area contributed by atoms with Crippen molar-refractivity contribution in [2.45, 2.75) is 50.6 Å². The van der Waals surface area contributed by atoms with Crippen LogP contribution in [-0.2, 0) is 14.3 Å². The number of likely N-dealkylation sites (tertiary alicyclic amines) is 1. The maximum atomic E-state index is 12.7. The van der Waals surface area contributed by atoms with E-state index in [1.165, 1.54) is 7.11 Å². The van der Waals surface area contributed by atoms with E-state index in [0.717, 1.165) is 51.7 Å². The summed E-state index contributed by atoms with van der Waals surface area (Å²) < 4.78 is 4.81. The molecule has 6 heteroatoms. The van der Waals surface area contributed by atoms with E-state index in [9.17, 15) is 9.59 Å². The molecule has 0 bridgehead atoms. The SMILES string of the molecule is CCC1(C(=O)N2CCC(NC(=O)COC)CC2)CCCN1. The number of rotatable bonds is 5. The second-order valence-corrected chi connectivity index (χ2v) is 6.03. The second-order valence-electron chi connectivity index (χ2n) is 6.03. The Labute approximate surface area is 126 Å². The molecule has 2 fully saturated rings. The molecule has 0 spiro atoms. The second kappa shape index (κ2) is 7.22.